The predicted molar refractivity (Wildman–Crippen MR) is 145 cm³/mol. The number of carbonyl (C=O) groups is 4. The van der Waals surface area contributed by atoms with Gasteiger partial charge in [-0.2, -0.15) is 0 Å². The number of nitrogens with one attached hydrogen (secondary N) is 1. The summed E-state index contributed by atoms with van der Waals surface area (Å²) in [5, 5.41) is 13.7. The lowest BCUT2D eigenvalue weighted by Crippen LogP contribution is -2.55. The van der Waals surface area contributed by atoms with Crippen molar-refractivity contribution < 1.29 is 33.6 Å². The van der Waals surface area contributed by atoms with Gasteiger partial charge in [-0.05, 0) is 44.7 Å². The van der Waals surface area contributed by atoms with Crippen molar-refractivity contribution in [3.63, 3.8) is 0 Å². The molecule has 3 amide bonds. The molecule has 1 aliphatic carbocycles. The van der Waals surface area contributed by atoms with Crippen LogP contribution >= 0.6 is 0 Å². The number of nitro groups is 1. The molecular weight excluding hydrogens is 520 g/mol. The molecule has 0 bridgehead atoms. The topological polar surface area (TPSA) is 148 Å². The molecule has 4 atom stereocenters. The van der Waals surface area contributed by atoms with Gasteiger partial charge in [0.15, 0.2) is 0 Å². The van der Waals surface area contributed by atoms with Crippen molar-refractivity contribution in [2.75, 3.05) is 26.7 Å². The maximum absolute atomic E-state index is 13.5. The predicted octanol–water partition coefficient (Wildman–Crippen LogP) is 3.23. The normalized spacial score (nSPS) is 23.1. The highest BCUT2D eigenvalue weighted by Crippen LogP contribution is 2.45. The van der Waals surface area contributed by atoms with E-state index in [1.165, 1.54) is 34.1 Å². The number of nitrogens with zero attached hydrogens (tertiary/aromatic N) is 3. The second-order valence-electron chi connectivity index (χ2n) is 9.95. The molecule has 216 valence electrons. The molecule has 2 fully saturated rings. The minimum Gasteiger partial charge on any atom is -0.464 e. The summed E-state index contributed by atoms with van der Waals surface area (Å²) in [5.41, 5.74) is -1.31. The number of urea groups is 1. The molecule has 3 rings (SSSR count). The number of esters is 2. The van der Waals surface area contributed by atoms with Crippen LogP contribution in [0.15, 0.2) is 49.6 Å². The van der Waals surface area contributed by atoms with Crippen molar-refractivity contribution in [1.29, 1.82) is 0 Å². The molecule has 1 N–H and O–H groups in total. The van der Waals surface area contributed by atoms with Crippen LogP contribution in [0.25, 0.3) is 0 Å². The third-order valence-corrected chi connectivity index (χ3v) is 7.16. The van der Waals surface area contributed by atoms with Gasteiger partial charge in [-0.1, -0.05) is 12.2 Å². The summed E-state index contributed by atoms with van der Waals surface area (Å²) in [4.78, 5) is 65.6. The highest BCUT2D eigenvalue weighted by atomic mass is 16.6. The molecule has 1 heterocycles. The number of hydrogen-bond acceptors (Lipinski definition) is 8. The Labute approximate surface area is 233 Å². The van der Waals surface area contributed by atoms with E-state index in [0.29, 0.717) is 13.0 Å². The summed E-state index contributed by atoms with van der Waals surface area (Å²) in [6, 6.07) is 3.54. The van der Waals surface area contributed by atoms with Crippen molar-refractivity contribution in [1.82, 2.24) is 15.1 Å². The van der Waals surface area contributed by atoms with Gasteiger partial charge >= 0.3 is 18.0 Å². The summed E-state index contributed by atoms with van der Waals surface area (Å²) in [6.45, 7) is 9.66. The van der Waals surface area contributed by atoms with Crippen molar-refractivity contribution in [2.45, 2.75) is 56.7 Å². The minimum absolute atomic E-state index is 0.0122. The monoisotopic (exact) mass is 556 g/mol. The summed E-state index contributed by atoms with van der Waals surface area (Å²) >= 11 is 0. The fourth-order valence-corrected chi connectivity index (χ4v) is 4.80. The first-order chi connectivity index (χ1) is 19.1. The number of non-ortho nitro benzene ring substituents is 1. The van der Waals surface area contributed by atoms with Crippen molar-refractivity contribution in [2.24, 2.45) is 5.92 Å². The zero-order chi connectivity index (χ0) is 29.4. The lowest BCUT2D eigenvalue weighted by Gasteiger charge is -2.29. The Morgan fingerprint density at radius 2 is 1.93 bits per heavy atom. The first-order valence-electron chi connectivity index (χ1n) is 13.3. The number of ether oxygens (including phenoxy) is 2. The molecule has 0 spiro atoms. The SMILES string of the molecule is C=CCCCCN(C)C(=O)N1C[C@H](OC(=O)c2ccc([N+](=O)[O-])cc2)C[C@H]1C(=O)N[C@]1(C(=O)OCC)C[C@H]1C=C. The second kappa shape index (κ2) is 13.2. The fourth-order valence-electron chi connectivity index (χ4n) is 4.80. The van der Waals surface area contributed by atoms with E-state index in [2.05, 4.69) is 18.5 Å². The third kappa shape index (κ3) is 6.85. The molecule has 0 radical (unpaired) electrons. The largest absolute Gasteiger partial charge is 0.464 e. The molecule has 2 aliphatic rings. The van der Waals surface area contributed by atoms with Crippen molar-refractivity contribution >= 4 is 29.6 Å². The van der Waals surface area contributed by atoms with Crippen LogP contribution in [0.1, 0.15) is 49.4 Å². The summed E-state index contributed by atoms with van der Waals surface area (Å²) in [7, 11) is 1.64. The Kier molecular flexibility index (Phi) is 10.0. The van der Waals surface area contributed by atoms with Gasteiger partial charge < -0.3 is 24.6 Å². The quantitative estimate of drug-likeness (QED) is 0.128. The number of hydrogen-bond donors (Lipinski definition) is 1. The van der Waals surface area contributed by atoms with E-state index < -0.39 is 46.5 Å². The van der Waals surface area contributed by atoms with Crippen LogP contribution in [-0.4, -0.2) is 83.0 Å². The van der Waals surface area contributed by atoms with Gasteiger partial charge in [-0.15, -0.1) is 13.2 Å². The van der Waals surface area contributed by atoms with Crippen LogP contribution in [0.2, 0.25) is 0 Å². The first-order valence-corrected chi connectivity index (χ1v) is 13.3. The molecule has 12 nitrogen and oxygen atoms in total. The number of rotatable bonds is 13. The maximum atomic E-state index is 13.5. The van der Waals surface area contributed by atoms with E-state index in [9.17, 15) is 29.3 Å². The molecule has 1 saturated heterocycles. The van der Waals surface area contributed by atoms with E-state index in [4.69, 9.17) is 9.47 Å². The van der Waals surface area contributed by atoms with Crippen LogP contribution in [0.4, 0.5) is 10.5 Å². The highest BCUT2D eigenvalue weighted by Gasteiger charge is 2.62. The smallest absolute Gasteiger partial charge is 0.338 e. The molecule has 1 aromatic carbocycles. The summed E-state index contributed by atoms with van der Waals surface area (Å²) in [5.74, 6) is -2.16. The molecule has 1 saturated carbocycles. The Balaban J connectivity index is 1.76. The molecule has 40 heavy (non-hydrogen) atoms. The molecule has 1 aliphatic heterocycles. The van der Waals surface area contributed by atoms with Gasteiger partial charge in [-0.3, -0.25) is 14.9 Å². The zero-order valence-electron chi connectivity index (χ0n) is 22.9. The summed E-state index contributed by atoms with van der Waals surface area (Å²) < 4.78 is 10.8. The standard InChI is InChI=1S/C28H36N4O8/c1-5-8-9-10-15-30(4)27(36)31-18-22(40-25(34)19-11-13-21(14-12-19)32(37)38)16-23(31)24(33)29-28(17-20(28)6-2)26(35)39-7-3/h5-6,11-14,20,22-23H,1-2,7-10,15-18H2,3-4H3,(H,29,33)/t20-,22-,23+,28-/m1/s1. The lowest BCUT2D eigenvalue weighted by molar-refractivity contribution is -0.384. The fraction of sp³-hybridized carbons (Fsp3) is 0.500. The van der Waals surface area contributed by atoms with E-state index in [1.807, 2.05) is 0 Å². The Morgan fingerprint density at radius 3 is 2.50 bits per heavy atom. The number of unbranched alkanes of at least 4 members (excludes halogenated alkanes) is 2. The van der Waals surface area contributed by atoms with E-state index >= 15 is 0 Å². The van der Waals surface area contributed by atoms with Crippen molar-refractivity contribution in [3.05, 3.63) is 65.3 Å². The molecule has 1 aromatic rings. The second-order valence-corrected chi connectivity index (χ2v) is 9.95. The van der Waals surface area contributed by atoms with Gasteiger partial charge in [0, 0.05) is 38.1 Å². The molecular formula is C28H36N4O8. The number of benzene rings is 1. The minimum atomic E-state index is -1.24. The Bertz CT molecular complexity index is 1150. The van der Waals surface area contributed by atoms with Crippen LogP contribution in [-0.2, 0) is 19.1 Å². The van der Waals surface area contributed by atoms with Crippen molar-refractivity contribution in [3.8, 4) is 0 Å². The van der Waals surface area contributed by atoms with Gasteiger partial charge in [0.1, 0.15) is 17.7 Å². The number of nitro benzene ring substituents is 1. The van der Waals surface area contributed by atoms with Gasteiger partial charge in [0.25, 0.3) is 5.69 Å². The van der Waals surface area contributed by atoms with Crippen LogP contribution in [0, 0.1) is 16.0 Å². The number of amides is 3. The van der Waals surface area contributed by atoms with Gasteiger partial charge in [0.2, 0.25) is 5.91 Å². The number of carbonyl (C=O) groups excluding carboxylic acids is 4. The molecule has 0 aromatic heterocycles. The van der Waals surface area contributed by atoms with Crippen LogP contribution < -0.4 is 5.32 Å². The van der Waals surface area contributed by atoms with Gasteiger partial charge in [-0.25, -0.2) is 14.4 Å². The Morgan fingerprint density at radius 1 is 1.23 bits per heavy atom. The van der Waals surface area contributed by atoms with Crippen LogP contribution in [0.5, 0.6) is 0 Å². The van der Waals surface area contributed by atoms with Crippen LogP contribution in [0.3, 0.4) is 0 Å². The highest BCUT2D eigenvalue weighted by molar-refractivity contribution is 5.95. The Hall–Kier alpha value is -4.22. The number of likely N-dealkylation sites (tertiary alicyclic amines) is 1. The third-order valence-electron chi connectivity index (χ3n) is 7.16. The molecule has 0 unspecified atom stereocenters. The average molecular weight is 557 g/mol. The first kappa shape index (κ1) is 30.3. The average Bonchev–Trinajstić information content (AvgIpc) is 3.50. The van der Waals surface area contributed by atoms with E-state index in [0.717, 1.165) is 19.3 Å². The zero-order valence-corrected chi connectivity index (χ0v) is 22.9. The maximum Gasteiger partial charge on any atom is 0.338 e. The van der Waals surface area contributed by atoms with E-state index in [-0.39, 0.29) is 36.7 Å². The summed E-state index contributed by atoms with van der Waals surface area (Å²) in [6.07, 6.45) is 5.33. The number of allylic oxidation sites excluding steroid dienone is 1. The van der Waals surface area contributed by atoms with E-state index in [1.54, 1.807) is 26.1 Å². The van der Waals surface area contributed by atoms with Gasteiger partial charge in [0.05, 0.1) is 23.6 Å². The molecule has 12 heteroatoms. The lowest BCUT2D eigenvalue weighted by atomic mass is 10.1.